The van der Waals surface area contributed by atoms with E-state index in [4.69, 9.17) is 22.7 Å². The molecule has 0 aromatic rings. The van der Waals surface area contributed by atoms with Crippen LogP contribution in [0.2, 0.25) is 0 Å². The van der Waals surface area contributed by atoms with E-state index in [2.05, 4.69) is 12.1 Å². The van der Waals surface area contributed by atoms with Crippen LogP contribution in [-0.2, 0) is 10.4 Å². The van der Waals surface area contributed by atoms with Crippen LogP contribution >= 0.6 is 0 Å². The van der Waals surface area contributed by atoms with Crippen LogP contribution in [0.1, 0.15) is 32.6 Å². The Morgan fingerprint density at radius 1 is 1.31 bits per heavy atom. The molecule has 0 radical (unpaired) electrons. The van der Waals surface area contributed by atoms with Crippen molar-refractivity contribution in [2.24, 2.45) is 5.16 Å². The Kier molecular flexibility index (Phi) is 10.8. The standard InChI is InChI=1S/C6H13NO.H2O4S/c1-2-3-4-5-6-7-8;1-5(2,3)4/h6,8H,2-5H2,1H3;(H2,1,2,3,4). The lowest BCUT2D eigenvalue weighted by atomic mass is 10.2. The predicted molar refractivity (Wildman–Crippen MR) is 48.6 cm³/mol. The summed E-state index contributed by atoms with van der Waals surface area (Å²) < 4.78 is 31.6. The Morgan fingerprint density at radius 2 is 1.77 bits per heavy atom. The van der Waals surface area contributed by atoms with Gasteiger partial charge in [0.15, 0.2) is 0 Å². The first-order valence-corrected chi connectivity index (χ1v) is 5.17. The van der Waals surface area contributed by atoms with Crippen molar-refractivity contribution in [2.75, 3.05) is 0 Å². The van der Waals surface area contributed by atoms with E-state index in [1.54, 1.807) is 0 Å². The van der Waals surface area contributed by atoms with Crippen molar-refractivity contribution < 1.29 is 22.7 Å². The minimum Gasteiger partial charge on any atom is -0.411 e. The van der Waals surface area contributed by atoms with Gasteiger partial charge in [0.05, 0.1) is 0 Å². The molecule has 0 heterocycles. The quantitative estimate of drug-likeness (QED) is 0.215. The summed E-state index contributed by atoms with van der Waals surface area (Å²) in [6.07, 6.45) is 6.03. The fraction of sp³-hybridized carbons (Fsp3) is 0.833. The summed E-state index contributed by atoms with van der Waals surface area (Å²) in [6.45, 7) is 2.15. The zero-order valence-electron chi connectivity index (χ0n) is 7.42. The van der Waals surface area contributed by atoms with Gasteiger partial charge in [-0.2, -0.15) is 8.42 Å². The van der Waals surface area contributed by atoms with Crippen molar-refractivity contribution >= 4 is 16.6 Å². The monoisotopic (exact) mass is 213 g/mol. The average molecular weight is 213 g/mol. The van der Waals surface area contributed by atoms with Gasteiger partial charge in [0.1, 0.15) is 0 Å². The van der Waals surface area contributed by atoms with Crippen molar-refractivity contribution in [3.63, 3.8) is 0 Å². The summed E-state index contributed by atoms with van der Waals surface area (Å²) in [5.74, 6) is 0. The van der Waals surface area contributed by atoms with Crippen LogP contribution in [0.4, 0.5) is 0 Å². The molecular formula is C6H15NO5S. The molecule has 0 aliphatic rings. The van der Waals surface area contributed by atoms with Gasteiger partial charge in [-0.1, -0.05) is 19.8 Å². The Balaban J connectivity index is 0. The van der Waals surface area contributed by atoms with Gasteiger partial charge < -0.3 is 5.21 Å². The van der Waals surface area contributed by atoms with Gasteiger partial charge in [-0.15, -0.1) is 5.16 Å². The molecule has 0 aliphatic heterocycles. The smallest absolute Gasteiger partial charge is 0.394 e. The minimum atomic E-state index is -4.67. The van der Waals surface area contributed by atoms with E-state index >= 15 is 0 Å². The van der Waals surface area contributed by atoms with E-state index in [1.165, 1.54) is 19.1 Å². The Bertz CT molecular complexity index is 203. The van der Waals surface area contributed by atoms with Crippen molar-refractivity contribution in [1.82, 2.24) is 0 Å². The molecule has 6 nitrogen and oxygen atoms in total. The molecule has 0 fully saturated rings. The molecule has 80 valence electrons. The van der Waals surface area contributed by atoms with Crippen molar-refractivity contribution in [3.05, 3.63) is 0 Å². The van der Waals surface area contributed by atoms with Crippen molar-refractivity contribution in [3.8, 4) is 0 Å². The number of unbranched alkanes of at least 4 members (excludes halogenated alkanes) is 3. The Morgan fingerprint density at radius 3 is 2.08 bits per heavy atom. The van der Waals surface area contributed by atoms with E-state index in [0.29, 0.717) is 0 Å². The summed E-state index contributed by atoms with van der Waals surface area (Å²) in [5.41, 5.74) is 0. The first-order valence-electron chi connectivity index (χ1n) is 3.77. The summed E-state index contributed by atoms with van der Waals surface area (Å²) in [6, 6.07) is 0. The topological polar surface area (TPSA) is 107 Å². The highest BCUT2D eigenvalue weighted by atomic mass is 32.3. The number of nitrogens with zero attached hydrogens (tertiary/aromatic N) is 1. The molecule has 0 saturated carbocycles. The van der Waals surface area contributed by atoms with Crippen molar-refractivity contribution in [1.29, 1.82) is 0 Å². The first kappa shape index (κ1) is 14.8. The molecule has 0 bridgehead atoms. The third kappa shape index (κ3) is 52.5. The summed E-state index contributed by atoms with van der Waals surface area (Å²) >= 11 is 0. The number of rotatable bonds is 4. The second-order valence-electron chi connectivity index (χ2n) is 2.24. The highest BCUT2D eigenvalue weighted by Gasteiger charge is 1.84. The predicted octanol–water partition coefficient (Wildman–Crippen LogP) is 1.37. The highest BCUT2D eigenvalue weighted by Crippen LogP contribution is 1.95. The van der Waals surface area contributed by atoms with Crippen LogP contribution in [0.3, 0.4) is 0 Å². The maximum Gasteiger partial charge on any atom is 0.394 e. The minimum absolute atomic E-state index is 0.907. The lowest BCUT2D eigenvalue weighted by Gasteiger charge is -1.87. The molecule has 0 atom stereocenters. The SMILES string of the molecule is CCCCCC=NO.O=S(=O)(O)O. The van der Waals surface area contributed by atoms with E-state index in [1.807, 2.05) is 0 Å². The van der Waals surface area contributed by atoms with Crippen LogP contribution in [0.5, 0.6) is 0 Å². The van der Waals surface area contributed by atoms with Gasteiger partial charge in [0.25, 0.3) is 0 Å². The van der Waals surface area contributed by atoms with Crippen LogP contribution in [0, 0.1) is 0 Å². The van der Waals surface area contributed by atoms with Crippen LogP contribution in [-0.4, -0.2) is 28.9 Å². The molecule has 0 aromatic carbocycles. The van der Waals surface area contributed by atoms with E-state index in [0.717, 1.165) is 12.8 Å². The molecule has 0 unspecified atom stereocenters. The Hall–Kier alpha value is -0.660. The second-order valence-corrected chi connectivity index (χ2v) is 3.14. The number of hydrogen-bond acceptors (Lipinski definition) is 4. The third-order valence-corrected chi connectivity index (χ3v) is 1.02. The van der Waals surface area contributed by atoms with Gasteiger partial charge in [-0.25, -0.2) is 0 Å². The molecular weight excluding hydrogens is 198 g/mol. The maximum absolute atomic E-state index is 8.74. The molecule has 0 aliphatic carbocycles. The molecule has 0 saturated heterocycles. The van der Waals surface area contributed by atoms with Gasteiger partial charge >= 0.3 is 10.4 Å². The fourth-order valence-electron chi connectivity index (χ4n) is 0.543. The first-order chi connectivity index (χ1) is 5.91. The molecule has 3 N–H and O–H groups in total. The molecule has 0 rings (SSSR count). The summed E-state index contributed by atoms with van der Waals surface area (Å²) in [5, 5.41) is 10.8. The molecule has 0 spiro atoms. The molecule has 7 heteroatoms. The summed E-state index contributed by atoms with van der Waals surface area (Å²) in [7, 11) is -4.67. The average Bonchev–Trinajstić information content (AvgIpc) is 1.95. The number of hydrogen-bond donors (Lipinski definition) is 3. The highest BCUT2D eigenvalue weighted by molar-refractivity contribution is 7.79. The lowest BCUT2D eigenvalue weighted by molar-refractivity contribution is 0.320. The Labute approximate surface area is 77.8 Å². The van der Waals surface area contributed by atoms with Gasteiger partial charge in [0, 0.05) is 6.21 Å². The molecule has 0 amide bonds. The normalized spacial score (nSPS) is 11.0. The maximum atomic E-state index is 8.74. The van der Waals surface area contributed by atoms with Gasteiger partial charge in [0.2, 0.25) is 0 Å². The zero-order chi connectivity index (χ0) is 10.7. The van der Waals surface area contributed by atoms with E-state index in [9.17, 15) is 0 Å². The zero-order valence-corrected chi connectivity index (χ0v) is 8.24. The molecule has 13 heavy (non-hydrogen) atoms. The van der Waals surface area contributed by atoms with E-state index < -0.39 is 10.4 Å². The van der Waals surface area contributed by atoms with Crippen LogP contribution in [0.25, 0.3) is 0 Å². The van der Waals surface area contributed by atoms with Gasteiger partial charge in [-0.05, 0) is 12.8 Å². The van der Waals surface area contributed by atoms with Gasteiger partial charge in [-0.3, -0.25) is 9.11 Å². The summed E-state index contributed by atoms with van der Waals surface area (Å²) in [4.78, 5) is 0. The second kappa shape index (κ2) is 9.43. The van der Waals surface area contributed by atoms with E-state index in [-0.39, 0.29) is 0 Å². The number of oxime groups is 1. The lowest BCUT2D eigenvalue weighted by Crippen LogP contribution is -1.89. The molecule has 0 aromatic heterocycles. The van der Waals surface area contributed by atoms with Crippen LogP contribution in [0.15, 0.2) is 5.16 Å². The van der Waals surface area contributed by atoms with Crippen LogP contribution < -0.4 is 0 Å². The largest absolute Gasteiger partial charge is 0.411 e. The third-order valence-electron chi connectivity index (χ3n) is 1.02. The fourth-order valence-corrected chi connectivity index (χ4v) is 0.543. The van der Waals surface area contributed by atoms with Crippen molar-refractivity contribution in [2.45, 2.75) is 32.6 Å².